The number of hydrogen-bond acceptors (Lipinski definition) is 9. The van der Waals surface area contributed by atoms with Gasteiger partial charge in [0.2, 0.25) is 0 Å². The summed E-state index contributed by atoms with van der Waals surface area (Å²) < 4.78 is 38.0. The average molecular weight is 743 g/mol. The summed E-state index contributed by atoms with van der Waals surface area (Å²) in [4.78, 5) is 44.7. The molecular formula is C33H28FIN2O7S. The number of fused-ring (bicyclic) bond motifs is 1. The molecule has 232 valence electrons. The van der Waals surface area contributed by atoms with Crippen LogP contribution in [0.5, 0.6) is 11.5 Å². The number of ether oxygens (including phenoxy) is 4. The van der Waals surface area contributed by atoms with E-state index in [9.17, 15) is 18.8 Å². The highest BCUT2D eigenvalue weighted by molar-refractivity contribution is 14.1. The van der Waals surface area contributed by atoms with E-state index in [1.54, 1.807) is 44.2 Å². The quantitative estimate of drug-likeness (QED) is 0.173. The topological polar surface area (TPSA) is 105 Å². The fraction of sp³-hybridized carbons (Fsp3) is 0.212. The first-order valence-electron chi connectivity index (χ1n) is 14.0. The van der Waals surface area contributed by atoms with Gasteiger partial charge >= 0.3 is 11.9 Å². The van der Waals surface area contributed by atoms with Crippen LogP contribution in [0.15, 0.2) is 82.1 Å². The van der Waals surface area contributed by atoms with Gasteiger partial charge in [-0.3, -0.25) is 9.36 Å². The van der Waals surface area contributed by atoms with Crippen LogP contribution in [-0.4, -0.2) is 43.4 Å². The van der Waals surface area contributed by atoms with Crippen LogP contribution in [0.2, 0.25) is 0 Å². The van der Waals surface area contributed by atoms with Crippen molar-refractivity contribution in [3.8, 4) is 11.5 Å². The summed E-state index contributed by atoms with van der Waals surface area (Å²) in [7, 11) is 1.48. The summed E-state index contributed by atoms with van der Waals surface area (Å²) in [5.41, 5.74) is 1.98. The van der Waals surface area contributed by atoms with E-state index in [1.807, 2.05) is 30.3 Å². The van der Waals surface area contributed by atoms with Gasteiger partial charge in [0.25, 0.3) is 5.56 Å². The molecule has 1 aliphatic heterocycles. The number of thiazole rings is 1. The number of hydrogen-bond donors (Lipinski definition) is 0. The Kier molecular flexibility index (Phi) is 10.1. The van der Waals surface area contributed by atoms with Crippen molar-refractivity contribution in [3.63, 3.8) is 0 Å². The van der Waals surface area contributed by atoms with Crippen LogP contribution in [0.4, 0.5) is 4.39 Å². The predicted molar refractivity (Wildman–Crippen MR) is 175 cm³/mol. The molecule has 3 aromatic carbocycles. The fourth-order valence-electron chi connectivity index (χ4n) is 4.85. The number of methoxy groups -OCH3 is 1. The van der Waals surface area contributed by atoms with Gasteiger partial charge in [-0.2, -0.15) is 0 Å². The van der Waals surface area contributed by atoms with Crippen molar-refractivity contribution < 1.29 is 32.9 Å². The van der Waals surface area contributed by atoms with Gasteiger partial charge in [0.1, 0.15) is 5.82 Å². The molecule has 45 heavy (non-hydrogen) atoms. The van der Waals surface area contributed by atoms with Crippen LogP contribution >= 0.6 is 33.9 Å². The van der Waals surface area contributed by atoms with Gasteiger partial charge in [0, 0.05) is 5.56 Å². The number of halogens is 2. The van der Waals surface area contributed by atoms with E-state index in [-0.39, 0.29) is 25.4 Å². The van der Waals surface area contributed by atoms with Crippen LogP contribution in [0, 0.1) is 9.39 Å². The Morgan fingerprint density at radius 2 is 1.76 bits per heavy atom. The van der Waals surface area contributed by atoms with Crippen molar-refractivity contribution in [2.24, 2.45) is 4.99 Å². The third-order valence-corrected chi connectivity index (χ3v) is 8.53. The summed E-state index contributed by atoms with van der Waals surface area (Å²) in [5, 5.41) is 0. The van der Waals surface area contributed by atoms with E-state index in [0.29, 0.717) is 46.8 Å². The maximum Gasteiger partial charge on any atom is 0.344 e. The minimum atomic E-state index is -0.924. The Balaban J connectivity index is 1.69. The van der Waals surface area contributed by atoms with Gasteiger partial charge in [-0.1, -0.05) is 53.8 Å². The van der Waals surface area contributed by atoms with E-state index in [4.69, 9.17) is 23.9 Å². The first-order chi connectivity index (χ1) is 21.7. The van der Waals surface area contributed by atoms with Crippen LogP contribution in [-0.2, 0) is 19.1 Å². The molecule has 0 saturated heterocycles. The lowest BCUT2D eigenvalue weighted by Crippen LogP contribution is -2.40. The van der Waals surface area contributed by atoms with Gasteiger partial charge in [-0.25, -0.2) is 19.0 Å². The molecule has 0 spiro atoms. The summed E-state index contributed by atoms with van der Waals surface area (Å²) in [6, 6.07) is 17.4. The van der Waals surface area contributed by atoms with Crippen molar-refractivity contribution in [2.75, 3.05) is 26.9 Å². The molecule has 0 fully saturated rings. The van der Waals surface area contributed by atoms with Crippen molar-refractivity contribution in [3.05, 3.63) is 118 Å². The largest absolute Gasteiger partial charge is 0.493 e. The number of carbonyl (C=O) groups excluding carboxylic acids is 2. The first-order valence-corrected chi connectivity index (χ1v) is 15.8. The Bertz CT molecular complexity index is 1950. The van der Waals surface area contributed by atoms with E-state index in [1.165, 1.54) is 23.8 Å². The number of rotatable bonds is 10. The molecule has 0 unspecified atom stereocenters. The zero-order chi connectivity index (χ0) is 32.1. The smallest absolute Gasteiger partial charge is 0.344 e. The Morgan fingerprint density at radius 1 is 1.04 bits per heavy atom. The molecule has 0 N–H and O–H groups in total. The molecule has 4 aromatic rings. The molecule has 2 heterocycles. The lowest BCUT2D eigenvalue weighted by molar-refractivity contribution is -0.145. The van der Waals surface area contributed by atoms with Gasteiger partial charge in [0.15, 0.2) is 22.9 Å². The first kappa shape index (κ1) is 32.1. The second-order valence-corrected chi connectivity index (χ2v) is 11.8. The van der Waals surface area contributed by atoms with Crippen molar-refractivity contribution >= 4 is 57.6 Å². The fourth-order valence-corrected chi connectivity index (χ4v) is 6.63. The third kappa shape index (κ3) is 6.86. The SMILES string of the molecule is CCOC(=O)COc1c(I)cc(/C=c2\sc3n(c2=O)[C@@H](c2ccc(F)cc2)C(C(=O)OCC)=C(c2ccccc2)N=3)cc1OC. The van der Waals surface area contributed by atoms with E-state index in [0.717, 1.165) is 11.3 Å². The Morgan fingerprint density at radius 3 is 2.42 bits per heavy atom. The molecule has 0 bridgehead atoms. The second-order valence-electron chi connectivity index (χ2n) is 9.61. The summed E-state index contributed by atoms with van der Waals surface area (Å²) in [6.45, 7) is 3.48. The molecule has 0 radical (unpaired) electrons. The average Bonchev–Trinajstić information content (AvgIpc) is 3.34. The van der Waals surface area contributed by atoms with Gasteiger partial charge < -0.3 is 18.9 Å². The maximum absolute atomic E-state index is 14.1. The van der Waals surface area contributed by atoms with E-state index < -0.39 is 29.4 Å². The summed E-state index contributed by atoms with van der Waals surface area (Å²) in [6.07, 6.45) is 1.70. The Hall–Kier alpha value is -4.30. The molecule has 1 aliphatic rings. The molecule has 1 aromatic heterocycles. The number of carbonyl (C=O) groups is 2. The van der Waals surface area contributed by atoms with E-state index in [2.05, 4.69) is 22.6 Å². The third-order valence-electron chi connectivity index (χ3n) is 6.75. The minimum Gasteiger partial charge on any atom is -0.493 e. The minimum absolute atomic E-state index is 0.116. The highest BCUT2D eigenvalue weighted by atomic mass is 127. The molecule has 12 heteroatoms. The Labute approximate surface area is 275 Å². The van der Waals surface area contributed by atoms with Crippen molar-refractivity contribution in [2.45, 2.75) is 19.9 Å². The molecule has 5 rings (SSSR count). The van der Waals surface area contributed by atoms with Gasteiger partial charge in [-0.05, 0) is 77.9 Å². The summed E-state index contributed by atoms with van der Waals surface area (Å²) >= 11 is 3.23. The van der Waals surface area contributed by atoms with Crippen LogP contribution in [0.3, 0.4) is 0 Å². The monoisotopic (exact) mass is 742 g/mol. The highest BCUT2D eigenvalue weighted by Gasteiger charge is 2.35. The zero-order valence-corrected chi connectivity index (χ0v) is 27.5. The molecule has 0 aliphatic carbocycles. The number of aromatic nitrogens is 1. The predicted octanol–water partition coefficient (Wildman–Crippen LogP) is 4.63. The van der Waals surface area contributed by atoms with Crippen LogP contribution in [0.1, 0.15) is 36.6 Å². The molecular weight excluding hydrogens is 714 g/mol. The molecule has 0 saturated carbocycles. The second kappa shape index (κ2) is 14.2. The molecule has 1 atom stereocenters. The van der Waals surface area contributed by atoms with Gasteiger partial charge in [0.05, 0.1) is 45.7 Å². The number of benzene rings is 3. The molecule has 9 nitrogen and oxygen atoms in total. The highest BCUT2D eigenvalue weighted by Crippen LogP contribution is 2.36. The standard InChI is InChI=1S/C33H28FIN2O7S/c1-4-42-26(38)18-44-30-23(35)15-19(16-24(30)41-3)17-25-31(39)37-29(21-11-13-22(34)14-12-21)27(32(40)43-5-2)28(36-33(37)45-25)20-9-7-6-8-10-20/h6-17,29H,4-5,18H2,1-3H3/b25-17-/t29-/m0/s1. The number of nitrogens with zero attached hydrogens (tertiary/aromatic N) is 2. The molecule has 0 amide bonds. The lowest BCUT2D eigenvalue weighted by atomic mass is 9.93. The lowest BCUT2D eigenvalue weighted by Gasteiger charge is -2.25. The van der Waals surface area contributed by atoms with Gasteiger partial charge in [-0.15, -0.1) is 0 Å². The summed E-state index contributed by atoms with van der Waals surface area (Å²) in [5.74, 6) is -0.845. The normalized spacial score (nSPS) is 14.4. The van der Waals surface area contributed by atoms with Crippen molar-refractivity contribution in [1.29, 1.82) is 0 Å². The van der Waals surface area contributed by atoms with Crippen LogP contribution in [0.25, 0.3) is 11.8 Å². The van der Waals surface area contributed by atoms with E-state index >= 15 is 0 Å². The zero-order valence-electron chi connectivity index (χ0n) is 24.5. The van der Waals surface area contributed by atoms with Crippen molar-refractivity contribution in [1.82, 2.24) is 4.57 Å². The number of esters is 2. The van der Waals surface area contributed by atoms with Crippen LogP contribution < -0.4 is 24.4 Å². The maximum atomic E-state index is 14.1.